The van der Waals surface area contributed by atoms with Gasteiger partial charge >= 0.3 is 12.0 Å². The number of hydrogen-bond acceptors (Lipinski definition) is 5. The van der Waals surface area contributed by atoms with Gasteiger partial charge in [-0.05, 0) is 38.4 Å². The molecule has 130 valence electrons. The third-order valence-corrected chi connectivity index (χ3v) is 4.31. The van der Waals surface area contributed by atoms with Crippen LogP contribution in [0.2, 0.25) is 0 Å². The molecule has 2 N–H and O–H groups in total. The van der Waals surface area contributed by atoms with Gasteiger partial charge in [-0.3, -0.25) is 4.90 Å². The molecule has 0 spiro atoms. The monoisotopic (exact) mass is 333 g/mol. The number of furan rings is 1. The van der Waals surface area contributed by atoms with E-state index in [1.165, 1.54) is 6.26 Å². The fraction of sp³-hybridized carbons (Fsp3) is 0.529. The van der Waals surface area contributed by atoms with Crippen LogP contribution in [0.15, 0.2) is 34.1 Å². The molecule has 7 heteroatoms. The van der Waals surface area contributed by atoms with Gasteiger partial charge in [-0.25, -0.2) is 9.59 Å². The van der Waals surface area contributed by atoms with E-state index in [-0.39, 0.29) is 12.6 Å². The van der Waals surface area contributed by atoms with Crippen molar-refractivity contribution in [2.24, 2.45) is 0 Å². The summed E-state index contributed by atoms with van der Waals surface area (Å²) < 4.78 is 10.6. The number of carbonyl (C=O) groups excluding carboxylic acids is 2. The number of ether oxygens (including phenoxy) is 1. The van der Waals surface area contributed by atoms with Crippen LogP contribution >= 0.6 is 0 Å². The van der Waals surface area contributed by atoms with Crippen molar-refractivity contribution in [3.63, 3.8) is 0 Å². The molecule has 2 amide bonds. The molecule has 7 nitrogen and oxygen atoms in total. The average molecular weight is 333 g/mol. The lowest BCUT2D eigenvalue weighted by molar-refractivity contribution is -0.139. The maximum atomic E-state index is 12.5. The van der Waals surface area contributed by atoms with Crippen LogP contribution in [-0.4, -0.2) is 42.6 Å². The summed E-state index contributed by atoms with van der Waals surface area (Å²) in [5.41, 5.74) is 0.998. The van der Waals surface area contributed by atoms with Crippen LogP contribution in [0, 0.1) is 0 Å². The molecule has 1 saturated carbocycles. The summed E-state index contributed by atoms with van der Waals surface area (Å²) in [7, 11) is 0. The topological polar surface area (TPSA) is 83.8 Å². The fourth-order valence-electron chi connectivity index (χ4n) is 3.00. The standard InChI is InChI=1S/C17H23N3O4/c1-3-20(11-7-8-11)10-12-14(16(21)23-4-2)15(19-17(22)18-12)13-6-5-9-24-13/h5-6,9,11,15H,3-4,7-8,10H2,1-2H3,(H2,18,19,22)/t15-/m1/s1. The molecule has 0 aromatic carbocycles. The van der Waals surface area contributed by atoms with Crippen molar-refractivity contribution in [2.45, 2.75) is 38.8 Å². The molecule has 0 saturated heterocycles. The van der Waals surface area contributed by atoms with E-state index in [2.05, 4.69) is 22.5 Å². The van der Waals surface area contributed by atoms with Crippen LogP contribution in [-0.2, 0) is 9.53 Å². The second-order valence-corrected chi connectivity index (χ2v) is 5.95. The number of nitrogens with one attached hydrogen (secondary N) is 2. The van der Waals surface area contributed by atoms with Crippen LogP contribution in [0.4, 0.5) is 4.79 Å². The number of nitrogens with zero attached hydrogens (tertiary/aromatic N) is 1. The summed E-state index contributed by atoms with van der Waals surface area (Å²) in [5.74, 6) is 0.0770. The third kappa shape index (κ3) is 3.46. The Hall–Kier alpha value is -2.28. The SMILES string of the molecule is CCOC(=O)C1=C(CN(CC)C2CC2)NC(=O)N[C@@H]1c1ccco1. The van der Waals surface area contributed by atoms with Gasteiger partial charge in [0.15, 0.2) is 0 Å². The summed E-state index contributed by atoms with van der Waals surface area (Å²) in [5, 5.41) is 5.54. The Bertz CT molecular complexity index is 634. The van der Waals surface area contributed by atoms with Gasteiger partial charge in [0.1, 0.15) is 11.8 Å². The van der Waals surface area contributed by atoms with Crippen molar-refractivity contribution in [2.75, 3.05) is 19.7 Å². The first-order chi connectivity index (χ1) is 11.6. The lowest BCUT2D eigenvalue weighted by Gasteiger charge is -2.30. The Balaban J connectivity index is 1.96. The normalized spacial score (nSPS) is 20.8. The molecule has 1 atom stereocenters. The average Bonchev–Trinajstić information content (AvgIpc) is 3.25. The largest absolute Gasteiger partial charge is 0.467 e. The summed E-state index contributed by atoms with van der Waals surface area (Å²) >= 11 is 0. The smallest absolute Gasteiger partial charge is 0.338 e. The molecule has 1 aromatic heterocycles. The molecule has 2 heterocycles. The van der Waals surface area contributed by atoms with Crippen LogP contribution in [0.5, 0.6) is 0 Å². The molecule has 1 aromatic rings. The minimum absolute atomic E-state index is 0.272. The number of amides is 2. The number of likely N-dealkylation sites (N-methyl/N-ethyl adjacent to an activating group) is 1. The lowest BCUT2D eigenvalue weighted by Crippen LogP contribution is -2.48. The lowest BCUT2D eigenvalue weighted by atomic mass is 10.00. The molecular weight excluding hydrogens is 310 g/mol. The van der Waals surface area contributed by atoms with Crippen molar-refractivity contribution in [3.05, 3.63) is 35.4 Å². The van der Waals surface area contributed by atoms with E-state index in [1.807, 2.05) is 0 Å². The fourth-order valence-corrected chi connectivity index (χ4v) is 3.00. The van der Waals surface area contributed by atoms with E-state index in [1.54, 1.807) is 19.1 Å². The van der Waals surface area contributed by atoms with Gasteiger partial charge in [0, 0.05) is 18.3 Å². The highest BCUT2D eigenvalue weighted by molar-refractivity contribution is 5.95. The van der Waals surface area contributed by atoms with Gasteiger partial charge in [0.25, 0.3) is 0 Å². The Morgan fingerprint density at radius 2 is 2.21 bits per heavy atom. The minimum atomic E-state index is -0.638. The van der Waals surface area contributed by atoms with Crippen molar-refractivity contribution < 1.29 is 18.7 Å². The molecule has 1 fully saturated rings. The van der Waals surface area contributed by atoms with Crippen LogP contribution < -0.4 is 10.6 Å². The molecule has 0 bridgehead atoms. The Morgan fingerprint density at radius 3 is 2.79 bits per heavy atom. The Kier molecular flexibility index (Phi) is 4.89. The van der Waals surface area contributed by atoms with Gasteiger partial charge in [-0.15, -0.1) is 0 Å². The van der Waals surface area contributed by atoms with Gasteiger partial charge in [-0.2, -0.15) is 0 Å². The number of carbonyl (C=O) groups is 2. The summed E-state index contributed by atoms with van der Waals surface area (Å²) in [6, 6.07) is 3.02. The number of esters is 1. The predicted octanol–water partition coefficient (Wildman–Crippen LogP) is 1.93. The molecule has 3 rings (SSSR count). The highest BCUT2D eigenvalue weighted by atomic mass is 16.5. The zero-order chi connectivity index (χ0) is 17.1. The van der Waals surface area contributed by atoms with Crippen LogP contribution in [0.3, 0.4) is 0 Å². The Morgan fingerprint density at radius 1 is 1.42 bits per heavy atom. The van der Waals surface area contributed by atoms with Gasteiger partial charge in [0.2, 0.25) is 0 Å². The van der Waals surface area contributed by atoms with Crippen molar-refractivity contribution in [1.82, 2.24) is 15.5 Å². The van der Waals surface area contributed by atoms with Gasteiger partial charge in [-0.1, -0.05) is 6.92 Å². The zero-order valence-corrected chi connectivity index (χ0v) is 14.0. The van der Waals surface area contributed by atoms with E-state index >= 15 is 0 Å². The molecule has 1 aliphatic carbocycles. The van der Waals surface area contributed by atoms with Crippen LogP contribution in [0.1, 0.15) is 38.5 Å². The van der Waals surface area contributed by atoms with E-state index in [0.29, 0.717) is 29.6 Å². The van der Waals surface area contributed by atoms with Crippen LogP contribution in [0.25, 0.3) is 0 Å². The molecule has 24 heavy (non-hydrogen) atoms. The predicted molar refractivity (Wildman–Crippen MR) is 87.0 cm³/mol. The second-order valence-electron chi connectivity index (χ2n) is 5.95. The second kappa shape index (κ2) is 7.09. The Labute approximate surface area is 141 Å². The van der Waals surface area contributed by atoms with Gasteiger partial charge in [0.05, 0.1) is 18.4 Å². The minimum Gasteiger partial charge on any atom is -0.467 e. The maximum Gasteiger partial charge on any atom is 0.338 e. The summed E-state index contributed by atoms with van der Waals surface area (Å²) in [6.07, 6.45) is 3.84. The number of hydrogen-bond donors (Lipinski definition) is 2. The molecule has 2 aliphatic rings. The van der Waals surface area contributed by atoms with Crippen molar-refractivity contribution in [1.29, 1.82) is 0 Å². The van der Waals surface area contributed by atoms with Gasteiger partial charge < -0.3 is 19.8 Å². The first kappa shape index (κ1) is 16.6. The highest BCUT2D eigenvalue weighted by Crippen LogP contribution is 2.31. The quantitative estimate of drug-likeness (QED) is 0.745. The first-order valence-corrected chi connectivity index (χ1v) is 8.39. The van der Waals surface area contributed by atoms with Crippen molar-refractivity contribution in [3.8, 4) is 0 Å². The van der Waals surface area contributed by atoms with E-state index < -0.39 is 12.0 Å². The molecule has 0 unspecified atom stereocenters. The zero-order valence-electron chi connectivity index (χ0n) is 14.0. The first-order valence-electron chi connectivity index (χ1n) is 8.39. The molecule has 0 radical (unpaired) electrons. The third-order valence-electron chi connectivity index (χ3n) is 4.31. The van der Waals surface area contributed by atoms with E-state index in [9.17, 15) is 9.59 Å². The van der Waals surface area contributed by atoms with E-state index in [0.717, 1.165) is 19.4 Å². The number of rotatable bonds is 7. The molecular formula is C17H23N3O4. The highest BCUT2D eigenvalue weighted by Gasteiger charge is 2.37. The summed E-state index contributed by atoms with van der Waals surface area (Å²) in [4.78, 5) is 26.9. The van der Waals surface area contributed by atoms with Crippen molar-refractivity contribution >= 4 is 12.0 Å². The molecule has 1 aliphatic heterocycles. The maximum absolute atomic E-state index is 12.5. The number of urea groups is 1. The van der Waals surface area contributed by atoms with E-state index in [4.69, 9.17) is 9.15 Å². The summed E-state index contributed by atoms with van der Waals surface area (Å²) in [6.45, 7) is 5.49.